The number of carbonyl (C=O) groups excluding carboxylic acids is 1. The van der Waals surface area contributed by atoms with Gasteiger partial charge in [-0.2, -0.15) is 0 Å². The van der Waals surface area contributed by atoms with Crippen molar-refractivity contribution in [3.63, 3.8) is 0 Å². The maximum absolute atomic E-state index is 10.4. The van der Waals surface area contributed by atoms with Crippen LogP contribution in [0.5, 0.6) is 0 Å². The first-order chi connectivity index (χ1) is 11.1. The van der Waals surface area contributed by atoms with Gasteiger partial charge in [-0.1, -0.05) is 0 Å². The molecule has 0 aromatic heterocycles. The van der Waals surface area contributed by atoms with Gasteiger partial charge < -0.3 is 55.1 Å². The SMILES string of the molecule is O=C(O)C1OC(O)C(O)C(O)C1O.O=COC1OC(O)C(O)C1O. The van der Waals surface area contributed by atoms with Crippen molar-refractivity contribution < 1.29 is 64.7 Å². The summed E-state index contributed by atoms with van der Waals surface area (Å²) in [5, 5.41) is 70.9. The van der Waals surface area contributed by atoms with Gasteiger partial charge in [0.05, 0.1) is 0 Å². The normalized spacial score (nSPS) is 45.0. The molecule has 8 N–H and O–H groups in total. The first kappa shape index (κ1) is 20.6. The Hall–Kier alpha value is -1.42. The number of rotatable bonds is 3. The van der Waals surface area contributed by atoms with Crippen LogP contribution < -0.4 is 0 Å². The molecule has 0 amide bonds. The Balaban J connectivity index is 0.000000243. The average Bonchev–Trinajstić information content (AvgIpc) is 2.77. The summed E-state index contributed by atoms with van der Waals surface area (Å²) in [5.41, 5.74) is 0. The number of carboxylic acids is 1. The Bertz CT molecular complexity index is 430. The van der Waals surface area contributed by atoms with Crippen LogP contribution in [0.2, 0.25) is 0 Å². The average molecular weight is 358 g/mol. The van der Waals surface area contributed by atoms with Gasteiger partial charge in [-0.05, 0) is 0 Å². The molecule has 13 heteroatoms. The molecule has 140 valence electrons. The van der Waals surface area contributed by atoms with E-state index in [0.717, 1.165) is 0 Å². The first-order valence-electron chi connectivity index (χ1n) is 6.51. The number of aliphatic hydroxyl groups is 7. The number of carbonyl (C=O) groups is 2. The first-order valence-corrected chi connectivity index (χ1v) is 6.51. The van der Waals surface area contributed by atoms with E-state index in [-0.39, 0.29) is 6.47 Å². The zero-order valence-corrected chi connectivity index (χ0v) is 11.9. The van der Waals surface area contributed by atoms with Crippen LogP contribution in [0, 0.1) is 0 Å². The van der Waals surface area contributed by atoms with E-state index < -0.39 is 61.5 Å². The third-order valence-corrected chi connectivity index (χ3v) is 3.22. The van der Waals surface area contributed by atoms with E-state index in [0.29, 0.717) is 0 Å². The third-order valence-electron chi connectivity index (χ3n) is 3.22. The summed E-state index contributed by atoms with van der Waals surface area (Å²) in [6.45, 7) is 0.0681. The number of carboxylic acid groups (broad SMARTS) is 1. The Morgan fingerprint density at radius 3 is 1.71 bits per heavy atom. The van der Waals surface area contributed by atoms with Gasteiger partial charge in [0, 0.05) is 0 Å². The number of aliphatic carboxylic acids is 1. The largest absolute Gasteiger partial charge is 0.479 e. The van der Waals surface area contributed by atoms with Gasteiger partial charge in [0.1, 0.15) is 30.5 Å². The molecule has 0 spiro atoms. The Kier molecular flexibility index (Phi) is 7.40. The van der Waals surface area contributed by atoms with Crippen LogP contribution in [-0.2, 0) is 23.8 Å². The van der Waals surface area contributed by atoms with Gasteiger partial charge >= 0.3 is 5.97 Å². The summed E-state index contributed by atoms with van der Waals surface area (Å²) in [6.07, 6.45) is -14.3. The highest BCUT2D eigenvalue weighted by Crippen LogP contribution is 2.20. The minimum absolute atomic E-state index is 0.0681. The summed E-state index contributed by atoms with van der Waals surface area (Å²) in [4.78, 5) is 20.1. The molecule has 2 aliphatic rings. The lowest BCUT2D eigenvalue weighted by atomic mass is 9.99. The molecule has 2 aliphatic heterocycles. The van der Waals surface area contributed by atoms with Crippen molar-refractivity contribution in [3.05, 3.63) is 0 Å². The van der Waals surface area contributed by atoms with Crippen LogP contribution >= 0.6 is 0 Å². The number of ether oxygens (including phenoxy) is 3. The van der Waals surface area contributed by atoms with E-state index >= 15 is 0 Å². The molecule has 0 aromatic rings. The number of hydrogen-bond donors (Lipinski definition) is 8. The van der Waals surface area contributed by atoms with Gasteiger partial charge in [0.15, 0.2) is 18.7 Å². The van der Waals surface area contributed by atoms with Gasteiger partial charge in [-0.3, -0.25) is 4.79 Å². The zero-order chi connectivity index (χ0) is 18.6. The predicted octanol–water partition coefficient (Wildman–Crippen LogP) is -5.57. The number of aliphatic hydroxyl groups excluding tert-OH is 7. The van der Waals surface area contributed by atoms with Crippen molar-refractivity contribution in [2.45, 2.75) is 55.5 Å². The molecule has 2 heterocycles. The van der Waals surface area contributed by atoms with Crippen LogP contribution in [0.25, 0.3) is 0 Å². The van der Waals surface area contributed by atoms with Gasteiger partial charge in [-0.15, -0.1) is 0 Å². The van der Waals surface area contributed by atoms with Gasteiger partial charge in [-0.25, -0.2) is 4.79 Å². The quantitative estimate of drug-likeness (QED) is 0.221. The molecule has 13 nitrogen and oxygen atoms in total. The molecule has 0 radical (unpaired) electrons. The molecule has 24 heavy (non-hydrogen) atoms. The maximum Gasteiger partial charge on any atom is 0.335 e. The highest BCUT2D eigenvalue weighted by atomic mass is 16.8. The summed E-state index contributed by atoms with van der Waals surface area (Å²) in [5.74, 6) is -1.52. The van der Waals surface area contributed by atoms with E-state index in [1.807, 2.05) is 0 Å². The minimum atomic E-state index is -1.81. The second kappa shape index (κ2) is 8.61. The van der Waals surface area contributed by atoms with Crippen molar-refractivity contribution in [1.29, 1.82) is 0 Å². The second-order valence-corrected chi connectivity index (χ2v) is 4.87. The van der Waals surface area contributed by atoms with E-state index in [9.17, 15) is 9.59 Å². The smallest absolute Gasteiger partial charge is 0.335 e. The van der Waals surface area contributed by atoms with Crippen molar-refractivity contribution in [2.75, 3.05) is 0 Å². The number of hydrogen-bond acceptors (Lipinski definition) is 12. The molecule has 2 fully saturated rings. The molecule has 2 saturated heterocycles. The van der Waals surface area contributed by atoms with E-state index in [4.69, 9.17) is 40.9 Å². The van der Waals surface area contributed by atoms with Crippen LogP contribution in [-0.4, -0.2) is 109 Å². The molecule has 9 atom stereocenters. The summed E-state index contributed by atoms with van der Waals surface area (Å²) in [6, 6.07) is 0. The minimum Gasteiger partial charge on any atom is -0.479 e. The summed E-state index contributed by atoms with van der Waals surface area (Å²) < 4.78 is 13.0. The molecule has 0 aromatic carbocycles. The van der Waals surface area contributed by atoms with Crippen molar-refractivity contribution in [3.8, 4) is 0 Å². The van der Waals surface area contributed by atoms with Crippen LogP contribution in [0.1, 0.15) is 0 Å². The highest BCUT2D eigenvalue weighted by molar-refractivity contribution is 5.73. The lowest BCUT2D eigenvalue weighted by Gasteiger charge is -2.36. The Morgan fingerprint density at radius 1 is 0.792 bits per heavy atom. The summed E-state index contributed by atoms with van der Waals surface area (Å²) in [7, 11) is 0. The fourth-order valence-electron chi connectivity index (χ4n) is 1.86. The molecule has 9 unspecified atom stereocenters. The Morgan fingerprint density at radius 2 is 1.29 bits per heavy atom. The van der Waals surface area contributed by atoms with Gasteiger partial charge in [0.25, 0.3) is 6.47 Å². The summed E-state index contributed by atoms with van der Waals surface area (Å²) >= 11 is 0. The monoisotopic (exact) mass is 358 g/mol. The topological polar surface area (TPSA) is 224 Å². The van der Waals surface area contributed by atoms with Crippen LogP contribution in [0.15, 0.2) is 0 Å². The van der Waals surface area contributed by atoms with E-state index in [1.165, 1.54) is 0 Å². The lowest BCUT2D eigenvalue weighted by Crippen LogP contribution is -2.59. The van der Waals surface area contributed by atoms with Crippen molar-refractivity contribution in [2.24, 2.45) is 0 Å². The van der Waals surface area contributed by atoms with Crippen molar-refractivity contribution >= 4 is 12.4 Å². The van der Waals surface area contributed by atoms with Crippen molar-refractivity contribution in [1.82, 2.24) is 0 Å². The fourth-order valence-corrected chi connectivity index (χ4v) is 1.86. The Labute approximate surface area is 133 Å². The van der Waals surface area contributed by atoms with E-state index in [1.54, 1.807) is 0 Å². The lowest BCUT2D eigenvalue weighted by molar-refractivity contribution is -0.279. The zero-order valence-electron chi connectivity index (χ0n) is 11.9. The second-order valence-electron chi connectivity index (χ2n) is 4.87. The molecule has 0 saturated carbocycles. The molecule has 0 bridgehead atoms. The van der Waals surface area contributed by atoms with Crippen LogP contribution in [0.4, 0.5) is 0 Å². The van der Waals surface area contributed by atoms with Gasteiger partial charge in [0.2, 0.25) is 6.29 Å². The molecule has 0 aliphatic carbocycles. The molecular weight excluding hydrogens is 340 g/mol. The maximum atomic E-state index is 10.4. The van der Waals surface area contributed by atoms with Crippen LogP contribution in [0.3, 0.4) is 0 Å². The molecule has 2 rings (SSSR count). The highest BCUT2D eigenvalue weighted by Gasteiger charge is 2.46. The molecular formula is C11H18O13. The standard InChI is InChI=1S/C6H10O7.C5H8O6/c7-1-2(8)4(5(10)11)13-6(12)3(1)9;6-1-10-5-3(8)2(7)4(9)11-5/h1-4,6-9,12H,(H,10,11);1-5,7-9H. The third kappa shape index (κ3) is 4.56. The fraction of sp³-hybridized carbons (Fsp3) is 0.818. The van der Waals surface area contributed by atoms with E-state index in [2.05, 4.69) is 14.2 Å². The predicted molar refractivity (Wildman–Crippen MR) is 66.6 cm³/mol.